The smallest absolute Gasteiger partial charge is 0.0640 e. The maximum Gasteiger partial charge on any atom is 0.0640 e. The molecule has 0 spiro atoms. The Morgan fingerprint density at radius 3 is 1.45 bits per heavy atom. The summed E-state index contributed by atoms with van der Waals surface area (Å²) >= 11 is 1.87. The molecule has 2 heteroatoms. The van der Waals surface area contributed by atoms with Gasteiger partial charge in [0.25, 0.3) is 0 Å². The fourth-order valence-electron chi connectivity index (χ4n) is 9.44. The van der Waals surface area contributed by atoms with Crippen molar-refractivity contribution in [2.75, 3.05) is 4.90 Å². The lowest BCUT2D eigenvalue weighted by Gasteiger charge is -2.29. The zero-order valence-electron chi connectivity index (χ0n) is 32.7. The molecule has 0 aliphatic heterocycles. The van der Waals surface area contributed by atoms with E-state index in [1.807, 2.05) is 11.3 Å². The third-order valence-corrected chi connectivity index (χ3v) is 13.4. The highest BCUT2D eigenvalue weighted by atomic mass is 32.1. The minimum Gasteiger partial charge on any atom is -0.308 e. The van der Waals surface area contributed by atoms with E-state index in [9.17, 15) is 0 Å². The van der Waals surface area contributed by atoms with Gasteiger partial charge in [-0.05, 0) is 113 Å². The van der Waals surface area contributed by atoms with Crippen LogP contribution in [0.5, 0.6) is 0 Å². The molecule has 0 amide bonds. The summed E-state index contributed by atoms with van der Waals surface area (Å²) in [6, 6.07) is 82.6. The number of fused-ring (bicyclic) bond motifs is 9. The summed E-state index contributed by atoms with van der Waals surface area (Å²) in [5.41, 5.74) is 10.6. The highest BCUT2D eigenvalue weighted by Crippen LogP contribution is 2.49. The minimum atomic E-state index is 1.10. The lowest BCUT2D eigenvalue weighted by molar-refractivity contribution is 1.30. The Bertz CT molecular complexity index is 3600. The molecule has 1 nitrogen and oxygen atoms in total. The Hall–Kier alpha value is -7.52. The van der Waals surface area contributed by atoms with Crippen LogP contribution < -0.4 is 4.90 Å². The van der Waals surface area contributed by atoms with Gasteiger partial charge < -0.3 is 4.90 Å². The predicted molar refractivity (Wildman–Crippen MR) is 260 cm³/mol. The standard InChI is InChI=1S/C58H37NS/c1-2-15-38(16-3-1)46-34-31-42(54-36-41-18-5-7-20-45(41)48-22-9-11-24-50(48)54)37-56(46)59(55-27-14-26-52-51-25-12-13-28-57(51)60-58(52)55)43-32-29-39(30-33-43)53-35-40-17-4-6-19-44(40)47-21-8-10-23-49(47)53/h1-37H. The van der Waals surface area contributed by atoms with Crippen LogP contribution >= 0.6 is 11.3 Å². The molecule has 0 saturated heterocycles. The molecule has 12 aromatic rings. The van der Waals surface area contributed by atoms with E-state index in [0.717, 1.165) is 17.1 Å². The van der Waals surface area contributed by atoms with Gasteiger partial charge in [0.15, 0.2) is 0 Å². The first-order valence-corrected chi connectivity index (χ1v) is 21.4. The number of hydrogen-bond acceptors (Lipinski definition) is 2. The molecule has 280 valence electrons. The van der Waals surface area contributed by atoms with Crippen LogP contribution in [-0.4, -0.2) is 0 Å². The third-order valence-electron chi connectivity index (χ3n) is 12.2. The van der Waals surface area contributed by atoms with Crippen molar-refractivity contribution in [1.29, 1.82) is 0 Å². The Kier molecular flexibility index (Phi) is 8.11. The maximum atomic E-state index is 2.51. The summed E-state index contributed by atoms with van der Waals surface area (Å²) in [6.45, 7) is 0. The van der Waals surface area contributed by atoms with E-state index in [4.69, 9.17) is 0 Å². The molecule has 60 heavy (non-hydrogen) atoms. The molecule has 1 heterocycles. The number of rotatable bonds is 6. The summed E-state index contributed by atoms with van der Waals surface area (Å²) in [5, 5.41) is 12.7. The lowest BCUT2D eigenvalue weighted by atomic mass is 9.91. The molecule has 1 aromatic heterocycles. The largest absolute Gasteiger partial charge is 0.308 e. The molecule has 0 fully saturated rings. The fourth-order valence-corrected chi connectivity index (χ4v) is 10.6. The highest BCUT2D eigenvalue weighted by molar-refractivity contribution is 7.26. The summed E-state index contributed by atoms with van der Waals surface area (Å²) in [4.78, 5) is 2.51. The first-order chi connectivity index (χ1) is 29.8. The van der Waals surface area contributed by atoms with Crippen LogP contribution in [0.4, 0.5) is 17.1 Å². The number of nitrogens with zero attached hydrogens (tertiary/aromatic N) is 1. The molecule has 12 rings (SSSR count). The van der Waals surface area contributed by atoms with Crippen LogP contribution in [0.25, 0.3) is 96.6 Å². The Labute approximate surface area is 352 Å². The van der Waals surface area contributed by atoms with E-state index in [-0.39, 0.29) is 0 Å². The van der Waals surface area contributed by atoms with Crippen LogP contribution in [0.2, 0.25) is 0 Å². The molecule has 0 N–H and O–H groups in total. The minimum absolute atomic E-state index is 1.10. The molecule has 0 radical (unpaired) electrons. The molecular formula is C58H37NS. The second-order valence-corrected chi connectivity index (χ2v) is 16.7. The van der Waals surface area contributed by atoms with Gasteiger partial charge in [-0.3, -0.25) is 0 Å². The van der Waals surface area contributed by atoms with Crippen LogP contribution in [0.1, 0.15) is 0 Å². The summed E-state index contributed by atoms with van der Waals surface area (Å²) in [7, 11) is 0. The molecule has 0 atom stereocenters. The van der Waals surface area contributed by atoms with Gasteiger partial charge in [-0.1, -0.05) is 182 Å². The van der Waals surface area contributed by atoms with Crippen molar-refractivity contribution in [2.24, 2.45) is 0 Å². The third kappa shape index (κ3) is 5.61. The van der Waals surface area contributed by atoms with Crippen molar-refractivity contribution < 1.29 is 0 Å². The van der Waals surface area contributed by atoms with E-state index in [2.05, 4.69) is 229 Å². The van der Waals surface area contributed by atoms with Crippen LogP contribution in [0, 0.1) is 0 Å². The van der Waals surface area contributed by atoms with Crippen molar-refractivity contribution in [3.8, 4) is 33.4 Å². The van der Waals surface area contributed by atoms with Gasteiger partial charge in [0, 0.05) is 26.7 Å². The Morgan fingerprint density at radius 1 is 0.283 bits per heavy atom. The molecular weight excluding hydrogens is 743 g/mol. The Balaban J connectivity index is 1.12. The van der Waals surface area contributed by atoms with Crippen molar-refractivity contribution >= 4 is 91.7 Å². The predicted octanol–water partition coefficient (Wildman–Crippen LogP) is 17.1. The summed E-state index contributed by atoms with van der Waals surface area (Å²) in [5.74, 6) is 0. The van der Waals surface area contributed by atoms with Gasteiger partial charge in [0.1, 0.15) is 0 Å². The summed E-state index contributed by atoms with van der Waals surface area (Å²) < 4.78 is 2.56. The number of benzene rings is 11. The van der Waals surface area contributed by atoms with Gasteiger partial charge in [0.05, 0.1) is 16.1 Å². The SMILES string of the molecule is c1ccc(-c2ccc(-c3cc4ccccc4c4ccccc34)cc2N(c2ccc(-c3cc4ccccc4c4ccccc34)cc2)c2cccc3c2sc2ccccc23)cc1. The molecule has 0 saturated carbocycles. The first-order valence-electron chi connectivity index (χ1n) is 20.6. The van der Waals surface area contributed by atoms with Crippen LogP contribution in [0.15, 0.2) is 224 Å². The monoisotopic (exact) mass is 779 g/mol. The number of hydrogen-bond donors (Lipinski definition) is 0. The van der Waals surface area contributed by atoms with Gasteiger partial charge in [-0.2, -0.15) is 0 Å². The van der Waals surface area contributed by atoms with Crippen molar-refractivity contribution in [3.05, 3.63) is 224 Å². The molecule has 0 aliphatic rings. The van der Waals surface area contributed by atoms with Gasteiger partial charge in [-0.25, -0.2) is 0 Å². The van der Waals surface area contributed by atoms with Crippen molar-refractivity contribution in [3.63, 3.8) is 0 Å². The molecule has 0 unspecified atom stereocenters. The summed E-state index contributed by atoms with van der Waals surface area (Å²) in [6.07, 6.45) is 0. The average Bonchev–Trinajstić information content (AvgIpc) is 3.71. The fraction of sp³-hybridized carbons (Fsp3) is 0. The quantitative estimate of drug-likeness (QED) is 0.152. The van der Waals surface area contributed by atoms with E-state index >= 15 is 0 Å². The van der Waals surface area contributed by atoms with Crippen molar-refractivity contribution in [1.82, 2.24) is 0 Å². The zero-order valence-corrected chi connectivity index (χ0v) is 33.5. The van der Waals surface area contributed by atoms with E-state index in [1.165, 1.54) is 96.6 Å². The van der Waals surface area contributed by atoms with E-state index < -0.39 is 0 Å². The second kappa shape index (κ2) is 14.1. The second-order valence-electron chi connectivity index (χ2n) is 15.6. The van der Waals surface area contributed by atoms with Gasteiger partial charge in [-0.15, -0.1) is 11.3 Å². The highest BCUT2D eigenvalue weighted by Gasteiger charge is 2.23. The normalized spacial score (nSPS) is 11.7. The average molecular weight is 780 g/mol. The Morgan fingerprint density at radius 2 is 0.783 bits per heavy atom. The van der Waals surface area contributed by atoms with Crippen LogP contribution in [-0.2, 0) is 0 Å². The van der Waals surface area contributed by atoms with Crippen molar-refractivity contribution in [2.45, 2.75) is 0 Å². The topological polar surface area (TPSA) is 3.24 Å². The van der Waals surface area contributed by atoms with Gasteiger partial charge >= 0.3 is 0 Å². The first kappa shape index (κ1) is 34.5. The van der Waals surface area contributed by atoms with E-state index in [1.54, 1.807) is 0 Å². The van der Waals surface area contributed by atoms with E-state index in [0.29, 0.717) is 0 Å². The van der Waals surface area contributed by atoms with Crippen LogP contribution in [0.3, 0.4) is 0 Å². The number of thiophene rings is 1. The number of anilines is 3. The molecule has 0 bridgehead atoms. The maximum absolute atomic E-state index is 2.51. The molecule has 11 aromatic carbocycles. The molecule has 0 aliphatic carbocycles. The lowest BCUT2D eigenvalue weighted by Crippen LogP contribution is -2.11. The zero-order chi connectivity index (χ0) is 39.6. The van der Waals surface area contributed by atoms with Gasteiger partial charge in [0.2, 0.25) is 0 Å².